The number of aromatic nitrogens is 4. The smallest absolute Gasteiger partial charge is 0.278 e. The van der Waals surface area contributed by atoms with E-state index in [1.165, 1.54) is 11.9 Å². The van der Waals surface area contributed by atoms with Crippen molar-refractivity contribution >= 4 is 11.2 Å². The van der Waals surface area contributed by atoms with Crippen LogP contribution >= 0.6 is 0 Å². The zero-order chi connectivity index (χ0) is 12.4. The molecule has 5 nitrogen and oxygen atoms in total. The van der Waals surface area contributed by atoms with Gasteiger partial charge in [-0.05, 0) is 12.0 Å². The van der Waals surface area contributed by atoms with E-state index in [0.717, 1.165) is 13.0 Å². The van der Waals surface area contributed by atoms with Gasteiger partial charge in [-0.25, -0.2) is 9.97 Å². The molecule has 2 aromatic heterocycles. The van der Waals surface area contributed by atoms with Crippen LogP contribution in [0.25, 0.3) is 11.2 Å². The fourth-order valence-electron chi connectivity index (χ4n) is 1.95. The molecule has 5 heteroatoms. The van der Waals surface area contributed by atoms with Gasteiger partial charge in [-0.1, -0.05) is 30.3 Å². The number of hydrogen-bond acceptors (Lipinski definition) is 3. The molecule has 18 heavy (non-hydrogen) atoms. The number of H-pyrrole nitrogens is 1. The predicted molar refractivity (Wildman–Crippen MR) is 68.3 cm³/mol. The first-order valence-corrected chi connectivity index (χ1v) is 5.77. The second-order valence-electron chi connectivity index (χ2n) is 4.08. The van der Waals surface area contributed by atoms with E-state index < -0.39 is 0 Å². The first-order chi connectivity index (χ1) is 8.84. The van der Waals surface area contributed by atoms with Crippen molar-refractivity contribution in [2.75, 3.05) is 0 Å². The Bertz CT molecular complexity index is 714. The molecule has 0 saturated heterocycles. The van der Waals surface area contributed by atoms with Crippen molar-refractivity contribution in [3.63, 3.8) is 0 Å². The maximum atomic E-state index is 11.5. The summed E-state index contributed by atoms with van der Waals surface area (Å²) in [6.45, 7) is 0.761. The highest BCUT2D eigenvalue weighted by atomic mass is 16.1. The lowest BCUT2D eigenvalue weighted by atomic mass is 10.1. The molecule has 0 aliphatic rings. The second-order valence-corrected chi connectivity index (χ2v) is 4.08. The van der Waals surface area contributed by atoms with Gasteiger partial charge in [-0.2, -0.15) is 0 Å². The Labute approximate surface area is 103 Å². The zero-order valence-electron chi connectivity index (χ0n) is 9.71. The summed E-state index contributed by atoms with van der Waals surface area (Å²) in [4.78, 5) is 22.3. The Kier molecular flexibility index (Phi) is 2.64. The van der Waals surface area contributed by atoms with E-state index in [0.29, 0.717) is 11.2 Å². The molecule has 3 aromatic rings. The van der Waals surface area contributed by atoms with Crippen LogP contribution in [0.2, 0.25) is 0 Å². The van der Waals surface area contributed by atoms with E-state index in [2.05, 4.69) is 27.1 Å². The Morgan fingerprint density at radius 2 is 2.00 bits per heavy atom. The minimum Gasteiger partial charge on any atom is -0.315 e. The topological polar surface area (TPSA) is 63.6 Å². The summed E-state index contributed by atoms with van der Waals surface area (Å²) < 4.78 is 1.90. The van der Waals surface area contributed by atoms with Crippen LogP contribution in [0.1, 0.15) is 5.56 Å². The van der Waals surface area contributed by atoms with Crippen LogP contribution in [0.3, 0.4) is 0 Å². The first-order valence-electron chi connectivity index (χ1n) is 5.77. The normalized spacial score (nSPS) is 10.9. The molecule has 0 bridgehead atoms. The van der Waals surface area contributed by atoms with Gasteiger partial charge in [0.05, 0.1) is 12.7 Å². The lowest BCUT2D eigenvalue weighted by Gasteiger charge is -2.03. The molecular formula is C13H12N4O. The Morgan fingerprint density at radius 3 is 2.83 bits per heavy atom. The number of hydrogen-bond donors (Lipinski definition) is 1. The number of aromatic amines is 1. The van der Waals surface area contributed by atoms with Gasteiger partial charge >= 0.3 is 0 Å². The highest BCUT2D eigenvalue weighted by Gasteiger charge is 2.06. The molecule has 3 rings (SSSR count). The molecule has 0 aliphatic carbocycles. The average molecular weight is 240 g/mol. The Balaban J connectivity index is 1.88. The van der Waals surface area contributed by atoms with Crippen LogP contribution in [0, 0.1) is 0 Å². The van der Waals surface area contributed by atoms with Gasteiger partial charge in [0.1, 0.15) is 0 Å². The highest BCUT2D eigenvalue weighted by molar-refractivity contribution is 5.68. The summed E-state index contributed by atoms with van der Waals surface area (Å²) in [7, 11) is 0. The zero-order valence-corrected chi connectivity index (χ0v) is 9.71. The van der Waals surface area contributed by atoms with Crippen LogP contribution in [0.4, 0.5) is 0 Å². The molecule has 0 aliphatic heterocycles. The van der Waals surface area contributed by atoms with Gasteiger partial charge in [0.25, 0.3) is 5.56 Å². The van der Waals surface area contributed by atoms with E-state index in [4.69, 9.17) is 0 Å². The van der Waals surface area contributed by atoms with Gasteiger partial charge in [0.15, 0.2) is 11.2 Å². The number of nitrogens with zero attached hydrogens (tertiary/aromatic N) is 3. The highest BCUT2D eigenvalue weighted by Crippen LogP contribution is 2.07. The summed E-state index contributed by atoms with van der Waals surface area (Å²) in [6.07, 6.45) is 3.96. The average Bonchev–Trinajstić information content (AvgIpc) is 2.82. The van der Waals surface area contributed by atoms with E-state index >= 15 is 0 Å². The number of fused-ring (bicyclic) bond motifs is 1. The Morgan fingerprint density at radius 1 is 1.17 bits per heavy atom. The number of rotatable bonds is 3. The number of nitrogens with one attached hydrogen (secondary N) is 1. The molecule has 1 aromatic carbocycles. The summed E-state index contributed by atoms with van der Waals surface area (Å²) in [5.41, 5.74) is 2.09. The molecule has 0 radical (unpaired) electrons. The van der Waals surface area contributed by atoms with Crippen LogP contribution in [0.5, 0.6) is 0 Å². The van der Waals surface area contributed by atoms with Crippen LogP contribution < -0.4 is 5.56 Å². The molecule has 0 atom stereocenters. The number of aryl methyl sites for hydroxylation is 2. The maximum absolute atomic E-state index is 11.5. The van der Waals surface area contributed by atoms with Crippen molar-refractivity contribution in [3.05, 3.63) is 58.9 Å². The van der Waals surface area contributed by atoms with Crippen molar-refractivity contribution < 1.29 is 0 Å². The summed E-state index contributed by atoms with van der Waals surface area (Å²) in [6, 6.07) is 10.2. The fraction of sp³-hybridized carbons (Fsp3) is 0.154. The second kappa shape index (κ2) is 4.44. The van der Waals surface area contributed by atoms with Crippen molar-refractivity contribution in [2.45, 2.75) is 13.0 Å². The fourth-order valence-corrected chi connectivity index (χ4v) is 1.95. The number of benzene rings is 1. The SMILES string of the molecule is O=c1[nH]cnc2c1ncn2CCc1ccccc1. The van der Waals surface area contributed by atoms with Crippen LogP contribution in [-0.4, -0.2) is 19.5 Å². The molecular weight excluding hydrogens is 228 g/mol. The van der Waals surface area contributed by atoms with E-state index in [9.17, 15) is 4.79 Å². The minimum absolute atomic E-state index is 0.196. The molecule has 0 amide bonds. The molecule has 0 spiro atoms. The third kappa shape index (κ3) is 1.90. The van der Waals surface area contributed by atoms with Gasteiger partial charge in [0, 0.05) is 6.54 Å². The quantitative estimate of drug-likeness (QED) is 0.751. The predicted octanol–water partition coefficient (Wildman–Crippen LogP) is 1.36. The Hall–Kier alpha value is -2.43. The molecule has 0 fully saturated rings. The van der Waals surface area contributed by atoms with E-state index in [1.807, 2.05) is 22.8 Å². The van der Waals surface area contributed by atoms with Crippen LogP contribution in [-0.2, 0) is 13.0 Å². The maximum Gasteiger partial charge on any atom is 0.278 e. The third-order valence-electron chi connectivity index (χ3n) is 2.89. The molecule has 0 unspecified atom stereocenters. The van der Waals surface area contributed by atoms with Crippen molar-refractivity contribution in [1.29, 1.82) is 0 Å². The van der Waals surface area contributed by atoms with E-state index in [1.54, 1.807) is 6.33 Å². The van der Waals surface area contributed by atoms with Gasteiger partial charge < -0.3 is 9.55 Å². The van der Waals surface area contributed by atoms with Crippen molar-refractivity contribution in [3.8, 4) is 0 Å². The van der Waals surface area contributed by atoms with Crippen molar-refractivity contribution in [2.24, 2.45) is 0 Å². The van der Waals surface area contributed by atoms with Crippen LogP contribution in [0.15, 0.2) is 47.8 Å². The summed E-state index contributed by atoms with van der Waals surface area (Å²) >= 11 is 0. The lowest BCUT2D eigenvalue weighted by molar-refractivity contribution is 0.709. The third-order valence-corrected chi connectivity index (χ3v) is 2.89. The van der Waals surface area contributed by atoms with Gasteiger partial charge in [-0.15, -0.1) is 0 Å². The van der Waals surface area contributed by atoms with Gasteiger partial charge in [-0.3, -0.25) is 4.79 Å². The summed E-state index contributed by atoms with van der Waals surface area (Å²) in [5.74, 6) is 0. The minimum atomic E-state index is -0.196. The molecule has 0 saturated carbocycles. The standard InChI is InChI=1S/C13H12N4O/c18-13-11-12(14-8-15-13)17(9-16-11)7-6-10-4-2-1-3-5-10/h1-5,8-9H,6-7H2,(H,14,15,18). The number of imidazole rings is 1. The lowest BCUT2D eigenvalue weighted by Crippen LogP contribution is -2.08. The molecule has 90 valence electrons. The summed E-state index contributed by atoms with van der Waals surface area (Å²) in [5, 5.41) is 0. The first kappa shape index (κ1) is 10.7. The molecule has 2 heterocycles. The van der Waals surface area contributed by atoms with E-state index in [-0.39, 0.29) is 5.56 Å². The monoisotopic (exact) mass is 240 g/mol. The van der Waals surface area contributed by atoms with Gasteiger partial charge in [0.2, 0.25) is 0 Å². The largest absolute Gasteiger partial charge is 0.315 e. The molecule has 1 N–H and O–H groups in total. The van der Waals surface area contributed by atoms with Crippen molar-refractivity contribution in [1.82, 2.24) is 19.5 Å².